The Morgan fingerprint density at radius 1 is 1.12 bits per heavy atom. The van der Waals surface area contributed by atoms with E-state index < -0.39 is 0 Å². The number of benzene rings is 2. The van der Waals surface area contributed by atoms with Gasteiger partial charge in [-0.1, -0.05) is 6.07 Å². The number of nitrogens with zero attached hydrogens (tertiary/aromatic N) is 1. The molecule has 0 saturated heterocycles. The van der Waals surface area contributed by atoms with Crippen LogP contribution in [0.4, 0.5) is 5.88 Å². The van der Waals surface area contributed by atoms with Crippen LogP contribution in [0.2, 0.25) is 0 Å². The lowest BCUT2D eigenvalue weighted by molar-refractivity contribution is 0.103. The third kappa shape index (κ3) is 4.20. The van der Waals surface area contributed by atoms with Crippen molar-refractivity contribution >= 4 is 28.6 Å². The Balaban J connectivity index is 2.14. The summed E-state index contributed by atoms with van der Waals surface area (Å²) in [6.45, 7) is 2.30. The van der Waals surface area contributed by atoms with E-state index in [0.717, 1.165) is 0 Å². The lowest BCUT2D eigenvalue weighted by Crippen LogP contribution is -2.24. The van der Waals surface area contributed by atoms with Crippen LogP contribution in [0.15, 0.2) is 33.7 Å². The van der Waals surface area contributed by atoms with E-state index in [9.17, 15) is 9.90 Å². The number of anilines is 1. The molecule has 1 heterocycles. The molecule has 3 aromatic rings. The molecule has 0 aliphatic rings. The van der Waals surface area contributed by atoms with Gasteiger partial charge in [0.15, 0.2) is 34.6 Å². The van der Waals surface area contributed by atoms with Crippen molar-refractivity contribution in [2.45, 2.75) is 6.92 Å². The molecule has 0 amide bonds. The van der Waals surface area contributed by atoms with Crippen LogP contribution in [0, 0.1) is 6.92 Å². The number of fused-ring (bicyclic) bond motifs is 1. The minimum Gasteiger partial charge on any atom is -0.504 e. The summed E-state index contributed by atoms with van der Waals surface area (Å²) in [4.78, 5) is 17.5. The molecule has 0 bridgehead atoms. The Labute approximate surface area is 184 Å². The smallest absolute Gasteiger partial charge is 0.205 e. The van der Waals surface area contributed by atoms with Crippen LogP contribution < -0.4 is 31.0 Å². The van der Waals surface area contributed by atoms with Gasteiger partial charge in [-0.15, -0.1) is 0 Å². The molecule has 170 valence electrons. The monoisotopic (exact) mass is 442 g/mol. The largest absolute Gasteiger partial charge is 0.504 e. The number of phenolic OH excluding ortho intramolecular Hbond substituents is 1. The molecule has 1 aromatic heterocycles. The maximum absolute atomic E-state index is 13.6. The van der Waals surface area contributed by atoms with Crippen molar-refractivity contribution in [3.8, 4) is 23.0 Å². The molecule has 10 heteroatoms. The molecule has 6 N–H and O–H groups in total. The van der Waals surface area contributed by atoms with Gasteiger partial charge in [-0.25, -0.2) is 0 Å². The number of hydrogen-bond donors (Lipinski definition) is 4. The summed E-state index contributed by atoms with van der Waals surface area (Å²) in [7, 11) is 4.42. The van der Waals surface area contributed by atoms with E-state index in [-0.39, 0.29) is 46.6 Å². The lowest BCUT2D eigenvalue weighted by Gasteiger charge is -2.14. The predicted molar refractivity (Wildman–Crippen MR) is 121 cm³/mol. The summed E-state index contributed by atoms with van der Waals surface area (Å²) in [5.74, 6) is 0.776. The Hall–Kier alpha value is -4.08. The average Bonchev–Trinajstić information content (AvgIpc) is 3.16. The fraction of sp³-hybridized carbons (Fsp3) is 0.273. The second-order valence-corrected chi connectivity index (χ2v) is 6.89. The minimum absolute atomic E-state index is 0.0429. The van der Waals surface area contributed by atoms with Crippen molar-refractivity contribution in [3.05, 3.63) is 41.0 Å². The lowest BCUT2D eigenvalue weighted by atomic mass is 10.00. The topological polar surface area (TPSA) is 155 Å². The first-order valence-corrected chi connectivity index (χ1v) is 9.71. The van der Waals surface area contributed by atoms with Crippen molar-refractivity contribution in [2.75, 3.05) is 39.7 Å². The van der Waals surface area contributed by atoms with Gasteiger partial charge < -0.3 is 40.5 Å². The van der Waals surface area contributed by atoms with Crippen LogP contribution in [0.25, 0.3) is 11.0 Å². The first-order valence-electron chi connectivity index (χ1n) is 9.71. The van der Waals surface area contributed by atoms with E-state index in [2.05, 4.69) is 10.3 Å². The summed E-state index contributed by atoms with van der Waals surface area (Å²) in [5, 5.41) is 14.0. The van der Waals surface area contributed by atoms with E-state index in [1.807, 2.05) is 0 Å². The number of guanidine groups is 1. The number of hydrogen-bond acceptors (Lipinski definition) is 8. The molecule has 3 rings (SSSR count). The maximum Gasteiger partial charge on any atom is 0.205 e. The first-order chi connectivity index (χ1) is 15.3. The molecule has 0 spiro atoms. The standard InChI is InChI=1S/C22H26N4O6/c1-11-5-6-13-16(21(32-19(13)17(11)27)25-7-8-26-22(23)24)18(28)12-9-14(29-2)20(31-4)15(10-12)30-3/h5-6,9-10,25,27H,7-8H2,1-4H3,(H4,23,24,26). The zero-order valence-electron chi connectivity index (χ0n) is 18.3. The fourth-order valence-corrected chi connectivity index (χ4v) is 3.31. The fourth-order valence-electron chi connectivity index (χ4n) is 3.31. The highest BCUT2D eigenvalue weighted by atomic mass is 16.5. The predicted octanol–water partition coefficient (Wildman–Crippen LogP) is 2.39. The number of rotatable bonds is 9. The molecule has 0 aliphatic heterocycles. The number of carbonyl (C=O) groups is 1. The van der Waals surface area contributed by atoms with Gasteiger partial charge in [0, 0.05) is 17.5 Å². The first kappa shape index (κ1) is 22.6. The number of aryl methyl sites for hydroxylation is 1. The van der Waals surface area contributed by atoms with Crippen LogP contribution in [0.3, 0.4) is 0 Å². The van der Waals surface area contributed by atoms with E-state index in [1.54, 1.807) is 31.2 Å². The van der Waals surface area contributed by atoms with Crippen molar-refractivity contribution in [2.24, 2.45) is 16.5 Å². The average molecular weight is 442 g/mol. The van der Waals surface area contributed by atoms with Gasteiger partial charge in [-0.05, 0) is 30.7 Å². The van der Waals surface area contributed by atoms with Crippen molar-refractivity contribution in [3.63, 3.8) is 0 Å². The summed E-state index contributed by atoms with van der Waals surface area (Å²) in [6.07, 6.45) is 0. The zero-order valence-corrected chi connectivity index (χ0v) is 18.3. The summed E-state index contributed by atoms with van der Waals surface area (Å²) < 4.78 is 21.9. The number of carbonyl (C=O) groups excluding carboxylic acids is 1. The van der Waals surface area contributed by atoms with Gasteiger partial charge in [-0.3, -0.25) is 9.79 Å². The summed E-state index contributed by atoms with van der Waals surface area (Å²) >= 11 is 0. The quantitative estimate of drug-likeness (QED) is 0.169. The second-order valence-electron chi connectivity index (χ2n) is 6.89. The van der Waals surface area contributed by atoms with E-state index in [1.165, 1.54) is 21.3 Å². The molecule has 2 aromatic carbocycles. The molecule has 10 nitrogen and oxygen atoms in total. The van der Waals surface area contributed by atoms with E-state index in [0.29, 0.717) is 34.7 Å². The third-order valence-corrected chi connectivity index (χ3v) is 4.88. The third-order valence-electron chi connectivity index (χ3n) is 4.88. The van der Waals surface area contributed by atoms with Crippen LogP contribution in [0.1, 0.15) is 21.5 Å². The van der Waals surface area contributed by atoms with E-state index in [4.69, 9.17) is 30.1 Å². The van der Waals surface area contributed by atoms with Crippen molar-refractivity contribution in [1.29, 1.82) is 0 Å². The number of methoxy groups -OCH3 is 3. The number of furan rings is 1. The van der Waals surface area contributed by atoms with Gasteiger partial charge in [0.25, 0.3) is 0 Å². The number of ether oxygens (including phenoxy) is 3. The number of nitrogens with two attached hydrogens (primary N) is 2. The Morgan fingerprint density at radius 2 is 1.78 bits per heavy atom. The van der Waals surface area contributed by atoms with Crippen LogP contribution in [-0.4, -0.2) is 51.3 Å². The highest BCUT2D eigenvalue weighted by molar-refractivity contribution is 6.20. The summed E-state index contributed by atoms with van der Waals surface area (Å²) in [5.41, 5.74) is 12.1. The van der Waals surface area contributed by atoms with Crippen molar-refractivity contribution < 1.29 is 28.5 Å². The molecule has 0 aliphatic carbocycles. The molecule has 0 saturated carbocycles. The number of nitrogens with one attached hydrogen (secondary N) is 1. The van der Waals surface area contributed by atoms with Gasteiger partial charge in [0.1, 0.15) is 0 Å². The highest BCUT2D eigenvalue weighted by Gasteiger charge is 2.26. The molecular weight excluding hydrogens is 416 g/mol. The molecule has 0 fully saturated rings. The summed E-state index contributed by atoms with van der Waals surface area (Å²) in [6, 6.07) is 6.54. The molecule has 0 unspecified atom stereocenters. The maximum atomic E-state index is 13.6. The molecular formula is C22H26N4O6. The van der Waals surface area contributed by atoms with Crippen LogP contribution >= 0.6 is 0 Å². The minimum atomic E-state index is -0.365. The SMILES string of the molecule is COc1cc(C(=O)c2c(NCCN=C(N)N)oc3c(O)c(C)ccc23)cc(OC)c1OC. The highest BCUT2D eigenvalue weighted by Crippen LogP contribution is 2.42. The molecule has 0 atom stereocenters. The zero-order chi connectivity index (χ0) is 23.4. The van der Waals surface area contributed by atoms with Gasteiger partial charge >= 0.3 is 0 Å². The normalized spacial score (nSPS) is 10.6. The Morgan fingerprint density at radius 3 is 2.34 bits per heavy atom. The van der Waals surface area contributed by atoms with Crippen molar-refractivity contribution in [1.82, 2.24) is 0 Å². The second kappa shape index (κ2) is 9.38. The number of phenols is 1. The van der Waals surface area contributed by atoms with Gasteiger partial charge in [0.05, 0.1) is 33.4 Å². The number of aromatic hydroxyl groups is 1. The van der Waals surface area contributed by atoms with Gasteiger partial charge in [-0.2, -0.15) is 0 Å². The van der Waals surface area contributed by atoms with Crippen LogP contribution in [0.5, 0.6) is 23.0 Å². The molecule has 0 radical (unpaired) electrons. The van der Waals surface area contributed by atoms with Crippen LogP contribution in [-0.2, 0) is 0 Å². The molecule has 32 heavy (non-hydrogen) atoms. The van der Waals surface area contributed by atoms with Gasteiger partial charge in [0.2, 0.25) is 11.6 Å². The number of aliphatic imine (C=N–C) groups is 1. The number of ketones is 1. The Bertz CT molecular complexity index is 1160. The van der Waals surface area contributed by atoms with E-state index >= 15 is 0 Å². The Kier molecular flexibility index (Phi) is 6.62.